The van der Waals surface area contributed by atoms with Gasteiger partial charge in [-0.15, -0.1) is 0 Å². The van der Waals surface area contributed by atoms with E-state index in [0.717, 1.165) is 31.9 Å². The zero-order valence-corrected chi connectivity index (χ0v) is 14.2. The minimum absolute atomic E-state index is 0.0235. The van der Waals surface area contributed by atoms with Crippen molar-refractivity contribution in [2.45, 2.75) is 26.9 Å². The van der Waals surface area contributed by atoms with Crippen LogP contribution in [-0.4, -0.2) is 51.7 Å². The average Bonchev–Trinajstić information content (AvgIpc) is 2.95. The van der Waals surface area contributed by atoms with E-state index >= 15 is 0 Å². The number of piperazine rings is 1. The van der Waals surface area contributed by atoms with Gasteiger partial charge >= 0.3 is 0 Å². The molecule has 0 atom stereocenters. The molecule has 2 aromatic rings. The highest BCUT2D eigenvalue weighted by atomic mass is 19.1. The lowest BCUT2D eigenvalue weighted by atomic mass is 10.1. The van der Waals surface area contributed by atoms with Crippen molar-refractivity contribution in [2.24, 2.45) is 0 Å². The number of rotatable bonds is 4. The zero-order valence-electron chi connectivity index (χ0n) is 14.2. The first-order valence-electron chi connectivity index (χ1n) is 8.37. The van der Waals surface area contributed by atoms with E-state index < -0.39 is 0 Å². The second-order valence-corrected chi connectivity index (χ2v) is 6.17. The third kappa shape index (κ3) is 3.64. The van der Waals surface area contributed by atoms with Crippen molar-refractivity contribution in [3.63, 3.8) is 0 Å². The lowest BCUT2D eigenvalue weighted by molar-refractivity contribution is 0.0628. The molecular weight excluding hydrogens is 307 g/mol. The Balaban J connectivity index is 1.56. The molecule has 0 aliphatic carbocycles. The molecule has 24 heavy (non-hydrogen) atoms. The lowest BCUT2D eigenvalue weighted by Gasteiger charge is -2.34. The summed E-state index contributed by atoms with van der Waals surface area (Å²) in [5.74, 6) is -0.344. The predicted molar refractivity (Wildman–Crippen MR) is 90.2 cm³/mol. The van der Waals surface area contributed by atoms with Crippen molar-refractivity contribution in [3.05, 3.63) is 53.1 Å². The molecule has 6 heteroatoms. The van der Waals surface area contributed by atoms with Gasteiger partial charge in [-0.05, 0) is 38.1 Å². The van der Waals surface area contributed by atoms with Crippen LogP contribution in [0.25, 0.3) is 0 Å². The van der Waals surface area contributed by atoms with Crippen LogP contribution in [0.1, 0.15) is 28.5 Å². The Labute approximate surface area is 141 Å². The van der Waals surface area contributed by atoms with Crippen LogP contribution in [0.5, 0.6) is 0 Å². The summed E-state index contributed by atoms with van der Waals surface area (Å²) < 4.78 is 14.9. The van der Waals surface area contributed by atoms with Crippen LogP contribution in [0.15, 0.2) is 30.5 Å². The summed E-state index contributed by atoms with van der Waals surface area (Å²) >= 11 is 0. The molecule has 1 aliphatic heterocycles. The Hall–Kier alpha value is -2.21. The van der Waals surface area contributed by atoms with Gasteiger partial charge in [0.15, 0.2) is 0 Å². The highest BCUT2D eigenvalue weighted by Gasteiger charge is 2.22. The number of carbonyl (C=O) groups is 1. The van der Waals surface area contributed by atoms with Crippen molar-refractivity contribution in [1.29, 1.82) is 0 Å². The number of hydrogen-bond donors (Lipinski definition) is 0. The van der Waals surface area contributed by atoms with Gasteiger partial charge in [0.1, 0.15) is 5.82 Å². The second-order valence-electron chi connectivity index (χ2n) is 6.17. The molecule has 1 fully saturated rings. The van der Waals surface area contributed by atoms with Crippen LogP contribution in [0, 0.1) is 12.7 Å². The first-order chi connectivity index (χ1) is 11.6. The molecular formula is C18H23FN4O. The Morgan fingerprint density at radius 1 is 1.17 bits per heavy atom. The number of halogens is 1. The number of amides is 1. The van der Waals surface area contributed by atoms with Crippen molar-refractivity contribution in [3.8, 4) is 0 Å². The largest absolute Gasteiger partial charge is 0.336 e. The molecule has 0 bridgehead atoms. The molecule has 0 N–H and O–H groups in total. The van der Waals surface area contributed by atoms with Crippen LogP contribution in [0.3, 0.4) is 0 Å². The van der Waals surface area contributed by atoms with E-state index in [2.05, 4.69) is 23.1 Å². The number of carbonyl (C=O) groups excluding carboxylic acids is 1. The fraction of sp³-hybridized carbons (Fsp3) is 0.444. The SMILES string of the molecule is CCn1cc(CN2CCN(C(=O)c3ccc(F)cc3)CC2)c(C)n1. The monoisotopic (exact) mass is 330 g/mol. The molecule has 1 aliphatic rings. The quantitative estimate of drug-likeness (QED) is 0.864. The van der Waals surface area contributed by atoms with Crippen LogP contribution < -0.4 is 0 Å². The Morgan fingerprint density at radius 2 is 1.83 bits per heavy atom. The third-order valence-corrected chi connectivity index (χ3v) is 4.52. The van der Waals surface area contributed by atoms with E-state index in [1.54, 1.807) is 12.1 Å². The van der Waals surface area contributed by atoms with Gasteiger partial charge in [-0.3, -0.25) is 14.4 Å². The highest BCUT2D eigenvalue weighted by Crippen LogP contribution is 2.14. The number of aromatic nitrogens is 2. The number of hydrogen-bond acceptors (Lipinski definition) is 3. The third-order valence-electron chi connectivity index (χ3n) is 4.52. The summed E-state index contributed by atoms with van der Waals surface area (Å²) in [4.78, 5) is 16.6. The number of aryl methyl sites for hydroxylation is 2. The molecule has 5 nitrogen and oxygen atoms in total. The second kappa shape index (κ2) is 7.13. The lowest BCUT2D eigenvalue weighted by Crippen LogP contribution is -2.48. The van der Waals surface area contributed by atoms with Gasteiger partial charge in [0.05, 0.1) is 5.69 Å². The molecule has 2 heterocycles. The van der Waals surface area contributed by atoms with Gasteiger partial charge in [0.2, 0.25) is 0 Å². The van der Waals surface area contributed by atoms with E-state index in [1.807, 2.05) is 16.5 Å². The highest BCUT2D eigenvalue weighted by molar-refractivity contribution is 5.94. The predicted octanol–water partition coefficient (Wildman–Crippen LogP) is 2.31. The molecule has 128 valence electrons. The minimum atomic E-state index is -0.320. The van der Waals surface area contributed by atoms with E-state index in [9.17, 15) is 9.18 Å². The molecule has 0 spiro atoms. The maximum absolute atomic E-state index is 13.0. The van der Waals surface area contributed by atoms with Crippen LogP contribution in [-0.2, 0) is 13.1 Å². The molecule has 3 rings (SSSR count). The van der Waals surface area contributed by atoms with E-state index in [0.29, 0.717) is 18.7 Å². The topological polar surface area (TPSA) is 41.4 Å². The van der Waals surface area contributed by atoms with Crippen molar-refractivity contribution in [1.82, 2.24) is 19.6 Å². The molecule has 0 radical (unpaired) electrons. The van der Waals surface area contributed by atoms with Crippen LogP contribution >= 0.6 is 0 Å². The standard InChI is InChI=1S/C18H23FN4O/c1-3-23-13-16(14(2)20-23)12-21-8-10-22(11-9-21)18(24)15-4-6-17(19)7-5-15/h4-7,13H,3,8-12H2,1-2H3. The Morgan fingerprint density at radius 3 is 2.42 bits per heavy atom. The first kappa shape index (κ1) is 16.6. The van der Waals surface area contributed by atoms with E-state index in [1.165, 1.54) is 17.7 Å². The van der Waals surface area contributed by atoms with Crippen LogP contribution in [0.2, 0.25) is 0 Å². The Bertz CT molecular complexity index is 702. The van der Waals surface area contributed by atoms with E-state index in [4.69, 9.17) is 0 Å². The van der Waals surface area contributed by atoms with Crippen molar-refractivity contribution >= 4 is 5.91 Å². The summed E-state index contributed by atoms with van der Waals surface area (Å²) in [6, 6.07) is 5.76. The molecule has 1 aromatic carbocycles. The van der Waals surface area contributed by atoms with Gasteiger partial charge in [0, 0.05) is 56.6 Å². The van der Waals surface area contributed by atoms with Crippen molar-refractivity contribution < 1.29 is 9.18 Å². The molecule has 0 saturated carbocycles. The van der Waals surface area contributed by atoms with Gasteiger partial charge < -0.3 is 4.90 Å². The smallest absolute Gasteiger partial charge is 0.253 e. The summed E-state index contributed by atoms with van der Waals surface area (Å²) in [5.41, 5.74) is 2.86. The summed E-state index contributed by atoms with van der Waals surface area (Å²) in [6.07, 6.45) is 2.10. The summed E-state index contributed by atoms with van der Waals surface area (Å²) in [5, 5.41) is 4.48. The average molecular weight is 330 g/mol. The van der Waals surface area contributed by atoms with Gasteiger partial charge in [-0.2, -0.15) is 5.10 Å². The van der Waals surface area contributed by atoms with E-state index in [-0.39, 0.29) is 11.7 Å². The molecule has 0 unspecified atom stereocenters. The number of nitrogens with zero attached hydrogens (tertiary/aromatic N) is 4. The molecule has 1 amide bonds. The fourth-order valence-electron chi connectivity index (χ4n) is 3.00. The summed E-state index contributed by atoms with van der Waals surface area (Å²) in [7, 11) is 0. The fourth-order valence-corrected chi connectivity index (χ4v) is 3.00. The minimum Gasteiger partial charge on any atom is -0.336 e. The Kier molecular flexibility index (Phi) is 4.94. The normalized spacial score (nSPS) is 15.7. The zero-order chi connectivity index (χ0) is 17.1. The molecule has 1 saturated heterocycles. The van der Waals surface area contributed by atoms with Crippen LogP contribution in [0.4, 0.5) is 4.39 Å². The maximum atomic E-state index is 13.0. The maximum Gasteiger partial charge on any atom is 0.253 e. The summed E-state index contributed by atoms with van der Waals surface area (Å²) in [6.45, 7) is 8.92. The molecule has 1 aromatic heterocycles. The van der Waals surface area contributed by atoms with Gasteiger partial charge in [0.25, 0.3) is 5.91 Å². The number of benzene rings is 1. The van der Waals surface area contributed by atoms with Gasteiger partial charge in [-0.1, -0.05) is 0 Å². The first-order valence-corrected chi connectivity index (χ1v) is 8.37. The van der Waals surface area contributed by atoms with Crippen molar-refractivity contribution in [2.75, 3.05) is 26.2 Å². The van der Waals surface area contributed by atoms with Gasteiger partial charge in [-0.25, -0.2) is 4.39 Å².